The molecule has 2 aromatic rings. The van der Waals surface area contributed by atoms with Gasteiger partial charge in [-0.3, -0.25) is 9.89 Å². The summed E-state index contributed by atoms with van der Waals surface area (Å²) in [7, 11) is 0. The molecular weight excluding hydrogens is 296 g/mol. The van der Waals surface area contributed by atoms with Gasteiger partial charge in [-0.25, -0.2) is 4.98 Å². The number of aromatic nitrogens is 3. The minimum Gasteiger partial charge on any atom is -0.335 e. The number of nitrogens with zero attached hydrogens (tertiary/aromatic N) is 3. The molecule has 1 aromatic heterocycles. The summed E-state index contributed by atoms with van der Waals surface area (Å²) in [6, 6.07) is 9.74. The van der Waals surface area contributed by atoms with Gasteiger partial charge >= 0.3 is 0 Å². The highest BCUT2D eigenvalue weighted by Crippen LogP contribution is 2.19. The number of H-pyrrole nitrogens is 1. The Bertz CT molecular complexity index is 629. The molecule has 6 heteroatoms. The van der Waals surface area contributed by atoms with Crippen molar-refractivity contribution in [2.75, 3.05) is 18.8 Å². The average Bonchev–Trinajstić information content (AvgIpc) is 3.02. The molecule has 0 saturated carbocycles. The predicted molar refractivity (Wildman–Crippen MR) is 89.5 cm³/mol. The zero-order valence-corrected chi connectivity index (χ0v) is 13.1. The summed E-state index contributed by atoms with van der Waals surface area (Å²) in [6.07, 6.45) is 3.40. The molecule has 0 radical (unpaired) electrons. The van der Waals surface area contributed by atoms with E-state index in [1.165, 1.54) is 11.8 Å². The molecule has 0 bridgehead atoms. The Morgan fingerprint density at radius 3 is 2.55 bits per heavy atom. The molecule has 0 atom stereocenters. The van der Waals surface area contributed by atoms with Crippen LogP contribution in [0.25, 0.3) is 11.4 Å². The topological polar surface area (TPSA) is 61.9 Å². The van der Waals surface area contributed by atoms with Crippen molar-refractivity contribution in [1.29, 1.82) is 0 Å². The standard InChI is InChI=1S/C16H18N4OS/c1-3-10-20(11-4-2)14(21)12-22-16-17-15(18-19-16)13-8-6-5-7-9-13/h3-9H,1-2,10-12H2,(H,17,18,19). The Hall–Kier alpha value is -2.34. The quantitative estimate of drug-likeness (QED) is 0.601. The van der Waals surface area contributed by atoms with Gasteiger partial charge in [0.05, 0.1) is 5.75 Å². The monoisotopic (exact) mass is 314 g/mol. The van der Waals surface area contributed by atoms with E-state index < -0.39 is 0 Å². The fourth-order valence-electron chi connectivity index (χ4n) is 1.84. The second-order valence-corrected chi connectivity index (χ2v) is 5.44. The van der Waals surface area contributed by atoms with E-state index in [9.17, 15) is 4.79 Å². The number of hydrogen-bond acceptors (Lipinski definition) is 4. The summed E-state index contributed by atoms with van der Waals surface area (Å²) >= 11 is 1.31. The van der Waals surface area contributed by atoms with E-state index in [0.717, 1.165) is 5.56 Å². The van der Waals surface area contributed by atoms with E-state index in [2.05, 4.69) is 28.3 Å². The van der Waals surface area contributed by atoms with Gasteiger partial charge in [-0.2, -0.15) is 0 Å². The van der Waals surface area contributed by atoms with Crippen molar-refractivity contribution < 1.29 is 4.79 Å². The number of nitrogens with one attached hydrogen (secondary N) is 1. The first-order valence-corrected chi connectivity index (χ1v) is 7.83. The summed E-state index contributed by atoms with van der Waals surface area (Å²) in [5.41, 5.74) is 0.966. The molecule has 1 amide bonds. The molecule has 0 spiro atoms. The number of amides is 1. The first-order valence-electron chi connectivity index (χ1n) is 6.84. The number of carbonyl (C=O) groups excluding carboxylic acids is 1. The Morgan fingerprint density at radius 2 is 1.91 bits per heavy atom. The summed E-state index contributed by atoms with van der Waals surface area (Å²) in [5, 5.41) is 7.58. The van der Waals surface area contributed by atoms with Gasteiger partial charge in [0, 0.05) is 18.7 Å². The lowest BCUT2D eigenvalue weighted by Crippen LogP contribution is -2.32. The first-order chi connectivity index (χ1) is 10.7. The van der Waals surface area contributed by atoms with Crippen LogP contribution in [0.4, 0.5) is 0 Å². The number of hydrogen-bond donors (Lipinski definition) is 1. The third-order valence-corrected chi connectivity index (χ3v) is 3.72. The Balaban J connectivity index is 1.94. The third kappa shape index (κ3) is 4.33. The van der Waals surface area contributed by atoms with Crippen molar-refractivity contribution in [2.24, 2.45) is 0 Å². The third-order valence-electron chi connectivity index (χ3n) is 2.89. The molecule has 0 saturated heterocycles. The van der Waals surface area contributed by atoms with E-state index in [1.54, 1.807) is 17.1 Å². The molecule has 114 valence electrons. The first kappa shape index (κ1) is 16.0. The van der Waals surface area contributed by atoms with Gasteiger partial charge in [-0.15, -0.1) is 18.3 Å². The summed E-state index contributed by atoms with van der Waals surface area (Å²) < 4.78 is 0. The van der Waals surface area contributed by atoms with Crippen LogP contribution in [0.2, 0.25) is 0 Å². The lowest BCUT2D eigenvalue weighted by molar-refractivity contribution is -0.127. The highest BCUT2D eigenvalue weighted by atomic mass is 32.2. The maximum Gasteiger partial charge on any atom is 0.233 e. The van der Waals surface area contributed by atoms with Crippen LogP contribution in [-0.2, 0) is 4.79 Å². The predicted octanol–water partition coefficient (Wildman–Crippen LogP) is 2.76. The van der Waals surface area contributed by atoms with Crippen molar-refractivity contribution in [3.8, 4) is 11.4 Å². The minimum absolute atomic E-state index is 0.0101. The molecule has 0 aliphatic rings. The normalized spacial score (nSPS) is 10.2. The molecular formula is C16H18N4OS. The van der Waals surface area contributed by atoms with Crippen LogP contribution in [0.3, 0.4) is 0 Å². The highest BCUT2D eigenvalue weighted by molar-refractivity contribution is 7.99. The van der Waals surface area contributed by atoms with Gasteiger partial charge in [-0.05, 0) is 0 Å². The summed E-state index contributed by atoms with van der Waals surface area (Å²) in [5.74, 6) is 0.994. The molecule has 0 fully saturated rings. The number of rotatable bonds is 8. The second-order valence-electron chi connectivity index (χ2n) is 4.50. The number of carbonyl (C=O) groups is 1. The fourth-order valence-corrected chi connectivity index (χ4v) is 2.54. The van der Waals surface area contributed by atoms with Crippen molar-refractivity contribution in [2.45, 2.75) is 5.16 Å². The summed E-state index contributed by atoms with van der Waals surface area (Å²) in [4.78, 5) is 18.2. The van der Waals surface area contributed by atoms with E-state index in [0.29, 0.717) is 24.1 Å². The van der Waals surface area contributed by atoms with Crippen LogP contribution in [-0.4, -0.2) is 44.8 Å². The fraction of sp³-hybridized carbons (Fsp3) is 0.188. The zero-order valence-electron chi connectivity index (χ0n) is 12.2. The molecule has 0 unspecified atom stereocenters. The smallest absolute Gasteiger partial charge is 0.233 e. The molecule has 1 N–H and O–H groups in total. The van der Waals surface area contributed by atoms with E-state index in [-0.39, 0.29) is 11.7 Å². The SMILES string of the molecule is C=CCN(CC=C)C(=O)CSc1n[nH]c(-c2ccccc2)n1. The van der Waals surface area contributed by atoms with Gasteiger partial charge < -0.3 is 4.90 Å². The van der Waals surface area contributed by atoms with Crippen LogP contribution in [0.15, 0.2) is 60.8 Å². The molecule has 2 rings (SSSR count). The number of benzene rings is 1. The number of aromatic amines is 1. The Kier molecular flexibility index (Phi) is 5.97. The second kappa shape index (κ2) is 8.19. The minimum atomic E-state index is 0.0101. The van der Waals surface area contributed by atoms with E-state index in [4.69, 9.17) is 0 Å². The zero-order chi connectivity index (χ0) is 15.8. The van der Waals surface area contributed by atoms with Crippen LogP contribution in [0.5, 0.6) is 0 Å². The van der Waals surface area contributed by atoms with Crippen molar-refractivity contribution in [3.05, 3.63) is 55.6 Å². The van der Waals surface area contributed by atoms with Crippen LogP contribution in [0, 0.1) is 0 Å². The number of thioether (sulfide) groups is 1. The van der Waals surface area contributed by atoms with Gasteiger partial charge in [0.1, 0.15) is 0 Å². The van der Waals surface area contributed by atoms with Gasteiger partial charge in [0.25, 0.3) is 0 Å². The Labute approximate surface area is 134 Å². The van der Waals surface area contributed by atoms with E-state index >= 15 is 0 Å². The molecule has 5 nitrogen and oxygen atoms in total. The van der Waals surface area contributed by atoms with Gasteiger partial charge in [-0.1, -0.05) is 54.2 Å². The maximum atomic E-state index is 12.1. The molecule has 0 aliphatic heterocycles. The highest BCUT2D eigenvalue weighted by Gasteiger charge is 2.13. The molecule has 1 aromatic carbocycles. The van der Waals surface area contributed by atoms with Crippen LogP contribution < -0.4 is 0 Å². The van der Waals surface area contributed by atoms with Crippen LogP contribution >= 0.6 is 11.8 Å². The van der Waals surface area contributed by atoms with Gasteiger partial charge in [0.2, 0.25) is 11.1 Å². The largest absolute Gasteiger partial charge is 0.335 e. The molecule has 0 aliphatic carbocycles. The van der Waals surface area contributed by atoms with Crippen molar-refractivity contribution in [3.63, 3.8) is 0 Å². The lowest BCUT2D eigenvalue weighted by Gasteiger charge is -2.18. The Morgan fingerprint density at radius 1 is 1.23 bits per heavy atom. The van der Waals surface area contributed by atoms with Gasteiger partial charge in [0.15, 0.2) is 5.82 Å². The maximum absolute atomic E-state index is 12.1. The van der Waals surface area contributed by atoms with Crippen LogP contribution in [0.1, 0.15) is 0 Å². The molecule has 22 heavy (non-hydrogen) atoms. The molecule has 1 heterocycles. The van der Waals surface area contributed by atoms with E-state index in [1.807, 2.05) is 30.3 Å². The summed E-state index contributed by atoms with van der Waals surface area (Å²) in [6.45, 7) is 8.33. The lowest BCUT2D eigenvalue weighted by atomic mass is 10.2. The van der Waals surface area contributed by atoms with Crippen molar-refractivity contribution >= 4 is 17.7 Å². The van der Waals surface area contributed by atoms with Crippen molar-refractivity contribution in [1.82, 2.24) is 20.1 Å². The average molecular weight is 314 g/mol.